The number of benzene rings is 1. The average molecular weight is 454 g/mol. The molecule has 6 rings (SSSR count). The second kappa shape index (κ2) is 7.07. The van der Waals surface area contributed by atoms with Gasteiger partial charge >= 0.3 is 0 Å². The molecule has 0 bridgehead atoms. The first-order valence-electron chi connectivity index (χ1n) is 10.0. The molecule has 0 saturated carbocycles. The lowest BCUT2D eigenvalue weighted by Gasteiger charge is -2.49. The maximum absolute atomic E-state index is 14.4. The van der Waals surface area contributed by atoms with Gasteiger partial charge in [-0.2, -0.15) is 0 Å². The summed E-state index contributed by atoms with van der Waals surface area (Å²) >= 11 is 1.06. The Kier molecular flexibility index (Phi) is 4.27. The van der Waals surface area contributed by atoms with Crippen LogP contribution in [0.15, 0.2) is 30.7 Å². The molecule has 4 aromatic rings. The molecule has 3 aromatic heterocycles. The summed E-state index contributed by atoms with van der Waals surface area (Å²) in [6.45, 7) is 3.73. The summed E-state index contributed by atoms with van der Waals surface area (Å²) < 4.78 is 39.5. The fourth-order valence-corrected chi connectivity index (χ4v) is 5.02. The molecule has 0 spiro atoms. The topological polar surface area (TPSA) is 94.7 Å². The van der Waals surface area contributed by atoms with Crippen molar-refractivity contribution in [2.45, 2.75) is 18.9 Å². The van der Waals surface area contributed by atoms with E-state index in [1.54, 1.807) is 12.5 Å². The molecule has 2 aliphatic rings. The van der Waals surface area contributed by atoms with E-state index >= 15 is 0 Å². The minimum absolute atomic E-state index is 0.145. The van der Waals surface area contributed by atoms with Crippen molar-refractivity contribution in [2.24, 2.45) is 0 Å². The highest BCUT2D eigenvalue weighted by molar-refractivity contribution is 7.09. The normalized spacial score (nSPS) is 19.4. The highest BCUT2D eigenvalue weighted by Crippen LogP contribution is 2.44. The Morgan fingerprint density at radius 3 is 3.00 bits per heavy atom. The molecule has 162 valence electrons. The maximum atomic E-state index is 14.4. The zero-order chi connectivity index (χ0) is 21.9. The summed E-state index contributed by atoms with van der Waals surface area (Å²) in [5.41, 5.74) is 0.682. The molecular formula is C20H16F2N8OS. The van der Waals surface area contributed by atoms with Gasteiger partial charge < -0.3 is 9.64 Å². The second-order valence-corrected chi connectivity index (χ2v) is 8.35. The van der Waals surface area contributed by atoms with Gasteiger partial charge in [0.2, 0.25) is 0 Å². The summed E-state index contributed by atoms with van der Waals surface area (Å²) in [4.78, 5) is 12.1. The molecule has 32 heavy (non-hydrogen) atoms. The van der Waals surface area contributed by atoms with Crippen molar-refractivity contribution < 1.29 is 13.5 Å². The number of hydrogen-bond acceptors (Lipinski definition) is 9. The van der Waals surface area contributed by atoms with Crippen LogP contribution in [-0.4, -0.2) is 54.1 Å². The van der Waals surface area contributed by atoms with Gasteiger partial charge in [-0.25, -0.2) is 18.7 Å². The number of aromatic nitrogens is 7. The van der Waals surface area contributed by atoms with Crippen molar-refractivity contribution in [3.63, 3.8) is 0 Å². The highest BCUT2D eigenvalue weighted by atomic mass is 32.1. The van der Waals surface area contributed by atoms with Crippen LogP contribution in [0.1, 0.15) is 19.2 Å². The zero-order valence-corrected chi connectivity index (χ0v) is 17.7. The van der Waals surface area contributed by atoms with Crippen molar-refractivity contribution >= 4 is 17.4 Å². The van der Waals surface area contributed by atoms with Crippen molar-refractivity contribution in [1.82, 2.24) is 34.3 Å². The fraction of sp³-hybridized carbons (Fsp3) is 0.300. The van der Waals surface area contributed by atoms with Gasteiger partial charge in [0, 0.05) is 18.2 Å². The van der Waals surface area contributed by atoms with Crippen LogP contribution in [0.3, 0.4) is 0 Å². The van der Waals surface area contributed by atoms with E-state index in [1.807, 2.05) is 4.57 Å². The Morgan fingerprint density at radius 1 is 1.25 bits per heavy atom. The number of morpholine rings is 1. The summed E-state index contributed by atoms with van der Waals surface area (Å²) in [6.07, 6.45) is 4.09. The SMILES string of the molecule is CC[C@@]12COCCN1c1nc(-c3snnc3-c3ccc(F)cc3F)ncc1-n1cnnc12. The largest absolute Gasteiger partial charge is 0.377 e. The van der Waals surface area contributed by atoms with E-state index in [9.17, 15) is 8.78 Å². The third-order valence-corrected chi connectivity index (χ3v) is 6.73. The lowest BCUT2D eigenvalue weighted by Crippen LogP contribution is -2.58. The molecular weight excluding hydrogens is 438 g/mol. The Bertz CT molecular complexity index is 1340. The van der Waals surface area contributed by atoms with E-state index in [0.29, 0.717) is 36.3 Å². The number of halogens is 2. The Morgan fingerprint density at radius 2 is 2.16 bits per heavy atom. The van der Waals surface area contributed by atoms with Gasteiger partial charge in [0.05, 0.1) is 19.4 Å². The highest BCUT2D eigenvalue weighted by Gasteiger charge is 2.49. The molecule has 0 amide bonds. The van der Waals surface area contributed by atoms with Crippen LogP contribution < -0.4 is 4.90 Å². The minimum Gasteiger partial charge on any atom is -0.377 e. The molecule has 0 unspecified atom stereocenters. The lowest BCUT2D eigenvalue weighted by atomic mass is 9.90. The van der Waals surface area contributed by atoms with E-state index in [-0.39, 0.29) is 11.3 Å². The minimum atomic E-state index is -0.718. The first-order chi connectivity index (χ1) is 15.6. The number of fused-ring (bicyclic) bond motifs is 6. The summed E-state index contributed by atoms with van der Waals surface area (Å²) in [5.74, 6) is 0.493. The number of hydrogen-bond donors (Lipinski definition) is 0. The van der Waals surface area contributed by atoms with Crippen LogP contribution in [0.25, 0.3) is 27.6 Å². The molecule has 5 heterocycles. The van der Waals surface area contributed by atoms with Crippen LogP contribution >= 0.6 is 11.5 Å². The van der Waals surface area contributed by atoms with Gasteiger partial charge in [0.15, 0.2) is 17.5 Å². The number of ether oxygens (including phenoxy) is 1. The van der Waals surface area contributed by atoms with E-state index < -0.39 is 17.2 Å². The summed E-state index contributed by atoms with van der Waals surface area (Å²) in [7, 11) is 0. The van der Waals surface area contributed by atoms with E-state index in [1.165, 1.54) is 12.1 Å². The lowest BCUT2D eigenvalue weighted by molar-refractivity contribution is 0.0391. The van der Waals surface area contributed by atoms with Gasteiger partial charge in [0.25, 0.3) is 0 Å². The molecule has 9 nitrogen and oxygen atoms in total. The number of nitrogens with zero attached hydrogens (tertiary/aromatic N) is 8. The van der Waals surface area contributed by atoms with Crippen LogP contribution in [0, 0.1) is 11.6 Å². The van der Waals surface area contributed by atoms with Crippen LogP contribution in [0.5, 0.6) is 0 Å². The standard InChI is InChI=1S/C20H16F2N8OS/c1-2-20-9-31-6-5-30(20)18-14(29-10-24-27-19(20)29)8-23-17(25-18)16-15(26-28-32-16)12-4-3-11(21)7-13(12)22/h3-4,7-8,10H,2,5-6,9H2,1H3/t20-/m0/s1. The Hall–Kier alpha value is -3.38. The smallest absolute Gasteiger partial charge is 0.175 e. The molecule has 2 aliphatic heterocycles. The first-order valence-corrected chi connectivity index (χ1v) is 10.8. The first kappa shape index (κ1) is 19.3. The van der Waals surface area contributed by atoms with E-state index in [0.717, 1.165) is 35.5 Å². The number of anilines is 1. The Balaban J connectivity index is 1.52. The van der Waals surface area contributed by atoms with Gasteiger partial charge in [-0.1, -0.05) is 11.4 Å². The predicted molar refractivity (Wildman–Crippen MR) is 111 cm³/mol. The van der Waals surface area contributed by atoms with Gasteiger partial charge in [-0.3, -0.25) is 4.57 Å². The molecule has 0 aliphatic carbocycles. The zero-order valence-electron chi connectivity index (χ0n) is 16.9. The molecule has 0 N–H and O–H groups in total. The molecule has 0 radical (unpaired) electrons. The third kappa shape index (κ3) is 2.62. The third-order valence-electron chi connectivity index (χ3n) is 6.01. The van der Waals surface area contributed by atoms with Crippen LogP contribution in [0.4, 0.5) is 14.6 Å². The maximum Gasteiger partial charge on any atom is 0.175 e. The van der Waals surface area contributed by atoms with Crippen molar-refractivity contribution in [1.29, 1.82) is 0 Å². The van der Waals surface area contributed by atoms with Crippen molar-refractivity contribution in [2.75, 3.05) is 24.7 Å². The van der Waals surface area contributed by atoms with E-state index in [2.05, 4.69) is 36.6 Å². The van der Waals surface area contributed by atoms with Crippen LogP contribution in [0.2, 0.25) is 0 Å². The quantitative estimate of drug-likeness (QED) is 0.466. The average Bonchev–Trinajstić information content (AvgIpc) is 3.49. The Labute approximate surface area is 184 Å². The number of rotatable bonds is 3. The van der Waals surface area contributed by atoms with Gasteiger partial charge in [-0.05, 0) is 30.1 Å². The summed E-state index contributed by atoms with van der Waals surface area (Å²) in [6, 6.07) is 3.35. The predicted octanol–water partition coefficient (Wildman–Crippen LogP) is 2.98. The fourth-order valence-electron chi connectivity index (χ4n) is 4.40. The molecule has 12 heteroatoms. The molecule has 1 atom stereocenters. The molecule has 1 fully saturated rings. The van der Waals surface area contributed by atoms with Crippen molar-refractivity contribution in [3.8, 4) is 27.6 Å². The molecule has 1 aromatic carbocycles. The second-order valence-electron chi connectivity index (χ2n) is 7.59. The van der Waals surface area contributed by atoms with Crippen molar-refractivity contribution in [3.05, 3.63) is 48.2 Å². The van der Waals surface area contributed by atoms with Crippen LogP contribution in [-0.2, 0) is 10.3 Å². The van der Waals surface area contributed by atoms with Gasteiger partial charge in [0.1, 0.15) is 39.8 Å². The monoisotopic (exact) mass is 454 g/mol. The van der Waals surface area contributed by atoms with Gasteiger partial charge in [-0.15, -0.1) is 15.3 Å². The molecule has 1 saturated heterocycles. The van der Waals surface area contributed by atoms with E-state index in [4.69, 9.17) is 9.72 Å². The summed E-state index contributed by atoms with van der Waals surface area (Å²) in [5, 5.41) is 12.6.